The Hall–Kier alpha value is -2.70. The van der Waals surface area contributed by atoms with Crippen LogP contribution in [0.2, 0.25) is 0 Å². The van der Waals surface area contributed by atoms with Crippen molar-refractivity contribution < 1.29 is 13.9 Å². The number of nitrogens with zero attached hydrogens (tertiary/aromatic N) is 3. The molecule has 1 aromatic carbocycles. The molecule has 1 aliphatic rings. The lowest BCUT2D eigenvalue weighted by molar-refractivity contribution is 0.204. The van der Waals surface area contributed by atoms with Crippen LogP contribution in [0.3, 0.4) is 0 Å². The molecule has 0 aliphatic carbocycles. The van der Waals surface area contributed by atoms with Crippen LogP contribution in [0.5, 0.6) is 5.88 Å². The number of rotatable bonds is 2. The summed E-state index contributed by atoms with van der Waals surface area (Å²) >= 11 is 0. The number of hydrogen-bond acceptors (Lipinski definition) is 4. The van der Waals surface area contributed by atoms with Crippen molar-refractivity contribution in [3.05, 3.63) is 47.2 Å². The van der Waals surface area contributed by atoms with Gasteiger partial charge in [0.05, 0.1) is 19.3 Å². The standard InChI is InChI=1S/C16H17FN4O2/c1-10-12(17)4-3-5-13(10)20-16(22)21-7-6-11-14(8-21)18-9-19-15(11)23-2/h3-5,9H,6-8H2,1-2H3,(H,20,22). The van der Waals surface area contributed by atoms with E-state index in [0.29, 0.717) is 36.6 Å². The van der Waals surface area contributed by atoms with Crippen LogP contribution in [-0.4, -0.2) is 34.6 Å². The molecule has 0 unspecified atom stereocenters. The van der Waals surface area contributed by atoms with Crippen LogP contribution in [0.1, 0.15) is 16.8 Å². The average molecular weight is 316 g/mol. The van der Waals surface area contributed by atoms with Gasteiger partial charge in [-0.2, -0.15) is 0 Å². The highest BCUT2D eigenvalue weighted by atomic mass is 19.1. The van der Waals surface area contributed by atoms with E-state index in [2.05, 4.69) is 15.3 Å². The first kappa shape index (κ1) is 15.2. The SMILES string of the molecule is COc1ncnc2c1CCN(C(=O)Nc1cccc(F)c1C)C2. The number of urea groups is 1. The lowest BCUT2D eigenvalue weighted by atomic mass is 10.1. The van der Waals surface area contributed by atoms with E-state index >= 15 is 0 Å². The number of halogens is 1. The number of fused-ring (bicyclic) bond motifs is 1. The summed E-state index contributed by atoms with van der Waals surface area (Å²) in [6.45, 7) is 2.53. The highest BCUT2D eigenvalue weighted by molar-refractivity contribution is 5.90. The van der Waals surface area contributed by atoms with Crippen molar-refractivity contribution in [1.82, 2.24) is 14.9 Å². The number of methoxy groups -OCH3 is 1. The molecule has 1 aromatic heterocycles. The summed E-state index contributed by atoms with van der Waals surface area (Å²) in [5, 5.41) is 2.75. The first-order valence-electron chi connectivity index (χ1n) is 7.28. The lowest BCUT2D eigenvalue weighted by Gasteiger charge is -2.28. The monoisotopic (exact) mass is 316 g/mol. The molecular weight excluding hydrogens is 299 g/mol. The van der Waals surface area contributed by atoms with E-state index in [-0.39, 0.29) is 11.8 Å². The Labute approximate surface area is 133 Å². The van der Waals surface area contributed by atoms with Crippen molar-refractivity contribution in [2.45, 2.75) is 19.9 Å². The first-order chi connectivity index (χ1) is 11.1. The van der Waals surface area contributed by atoms with Crippen molar-refractivity contribution >= 4 is 11.7 Å². The van der Waals surface area contributed by atoms with Gasteiger partial charge in [-0.05, 0) is 25.5 Å². The van der Waals surface area contributed by atoms with Crippen molar-refractivity contribution in [2.75, 3.05) is 19.0 Å². The molecule has 0 atom stereocenters. The number of nitrogens with one attached hydrogen (secondary N) is 1. The van der Waals surface area contributed by atoms with Crippen LogP contribution in [0.15, 0.2) is 24.5 Å². The first-order valence-corrected chi connectivity index (χ1v) is 7.28. The molecule has 1 N–H and O–H groups in total. The van der Waals surface area contributed by atoms with E-state index in [4.69, 9.17) is 4.74 Å². The summed E-state index contributed by atoms with van der Waals surface area (Å²) < 4.78 is 18.8. The van der Waals surface area contributed by atoms with Gasteiger partial charge in [0, 0.05) is 23.4 Å². The van der Waals surface area contributed by atoms with Gasteiger partial charge in [0.25, 0.3) is 0 Å². The normalized spacial score (nSPS) is 13.4. The Morgan fingerprint density at radius 3 is 3.00 bits per heavy atom. The van der Waals surface area contributed by atoms with E-state index < -0.39 is 0 Å². The van der Waals surface area contributed by atoms with Crippen LogP contribution in [0.4, 0.5) is 14.9 Å². The second kappa shape index (κ2) is 6.20. The fourth-order valence-electron chi connectivity index (χ4n) is 2.61. The fraction of sp³-hybridized carbons (Fsp3) is 0.312. The van der Waals surface area contributed by atoms with Crippen molar-refractivity contribution in [1.29, 1.82) is 0 Å². The van der Waals surface area contributed by atoms with E-state index in [9.17, 15) is 9.18 Å². The molecule has 2 amide bonds. The van der Waals surface area contributed by atoms with E-state index in [1.807, 2.05) is 0 Å². The number of amides is 2. The van der Waals surface area contributed by atoms with Gasteiger partial charge in [-0.25, -0.2) is 19.2 Å². The molecule has 0 radical (unpaired) electrons. The third-order valence-electron chi connectivity index (χ3n) is 3.96. The number of benzene rings is 1. The quantitative estimate of drug-likeness (QED) is 0.924. The van der Waals surface area contributed by atoms with Gasteiger partial charge in [0.2, 0.25) is 5.88 Å². The second-order valence-corrected chi connectivity index (χ2v) is 5.32. The molecule has 0 spiro atoms. The number of carbonyl (C=O) groups is 1. The summed E-state index contributed by atoms with van der Waals surface area (Å²) in [4.78, 5) is 22.4. The Kier molecular flexibility index (Phi) is 4.10. The maximum Gasteiger partial charge on any atom is 0.322 e. The van der Waals surface area contributed by atoms with E-state index in [0.717, 1.165) is 11.3 Å². The molecule has 6 nitrogen and oxygen atoms in total. The van der Waals surface area contributed by atoms with Crippen molar-refractivity contribution in [3.8, 4) is 5.88 Å². The Morgan fingerprint density at radius 1 is 1.39 bits per heavy atom. The highest BCUT2D eigenvalue weighted by Gasteiger charge is 2.25. The van der Waals surface area contributed by atoms with Crippen molar-refractivity contribution in [2.24, 2.45) is 0 Å². The zero-order valence-electron chi connectivity index (χ0n) is 13.0. The Morgan fingerprint density at radius 2 is 2.22 bits per heavy atom. The van der Waals surface area contributed by atoms with Crippen LogP contribution in [0.25, 0.3) is 0 Å². The Bertz CT molecular complexity index is 751. The number of anilines is 1. The molecule has 7 heteroatoms. The third-order valence-corrected chi connectivity index (χ3v) is 3.96. The summed E-state index contributed by atoms with van der Waals surface area (Å²) in [6.07, 6.45) is 2.05. The number of hydrogen-bond donors (Lipinski definition) is 1. The topological polar surface area (TPSA) is 67.4 Å². The third kappa shape index (κ3) is 2.94. The molecule has 0 bridgehead atoms. The summed E-state index contributed by atoms with van der Waals surface area (Å²) in [5.41, 5.74) is 2.60. The highest BCUT2D eigenvalue weighted by Crippen LogP contribution is 2.25. The van der Waals surface area contributed by atoms with Gasteiger partial charge >= 0.3 is 6.03 Å². The second-order valence-electron chi connectivity index (χ2n) is 5.32. The fourth-order valence-corrected chi connectivity index (χ4v) is 2.61. The number of aromatic nitrogens is 2. The maximum absolute atomic E-state index is 13.6. The summed E-state index contributed by atoms with van der Waals surface area (Å²) in [7, 11) is 1.56. The van der Waals surface area contributed by atoms with Gasteiger partial charge in [-0.15, -0.1) is 0 Å². The van der Waals surface area contributed by atoms with Crippen LogP contribution >= 0.6 is 0 Å². The van der Waals surface area contributed by atoms with Gasteiger partial charge in [0.1, 0.15) is 12.1 Å². The average Bonchev–Trinajstić information content (AvgIpc) is 2.57. The predicted molar refractivity (Wildman–Crippen MR) is 82.9 cm³/mol. The van der Waals surface area contributed by atoms with E-state index in [1.165, 1.54) is 12.4 Å². The predicted octanol–water partition coefficient (Wildman–Crippen LogP) is 2.52. The smallest absolute Gasteiger partial charge is 0.322 e. The minimum absolute atomic E-state index is 0.276. The molecule has 1 aliphatic heterocycles. The van der Waals surface area contributed by atoms with Crippen LogP contribution in [0, 0.1) is 12.7 Å². The van der Waals surface area contributed by atoms with Gasteiger partial charge < -0.3 is 15.0 Å². The molecule has 0 saturated carbocycles. The largest absolute Gasteiger partial charge is 0.481 e. The molecule has 0 fully saturated rings. The molecule has 2 heterocycles. The molecule has 3 rings (SSSR count). The molecule has 2 aromatic rings. The van der Waals surface area contributed by atoms with Crippen LogP contribution in [-0.2, 0) is 13.0 Å². The molecule has 0 saturated heterocycles. The number of ether oxygens (including phenoxy) is 1. The van der Waals surface area contributed by atoms with Crippen molar-refractivity contribution in [3.63, 3.8) is 0 Å². The summed E-state index contributed by atoms with van der Waals surface area (Å²) in [5.74, 6) is 0.209. The molecule has 120 valence electrons. The molecule has 23 heavy (non-hydrogen) atoms. The van der Waals surface area contributed by atoms with Gasteiger partial charge in [-0.3, -0.25) is 0 Å². The van der Waals surface area contributed by atoms with Gasteiger partial charge in [-0.1, -0.05) is 6.07 Å². The summed E-state index contributed by atoms with van der Waals surface area (Å²) in [6, 6.07) is 4.34. The van der Waals surface area contributed by atoms with E-state index in [1.54, 1.807) is 31.1 Å². The van der Waals surface area contributed by atoms with Crippen LogP contribution < -0.4 is 10.1 Å². The number of carbonyl (C=O) groups excluding carboxylic acids is 1. The van der Waals surface area contributed by atoms with Gasteiger partial charge in [0.15, 0.2) is 0 Å². The minimum Gasteiger partial charge on any atom is -0.481 e. The Balaban J connectivity index is 1.76. The molecular formula is C16H17FN4O2. The zero-order valence-corrected chi connectivity index (χ0v) is 13.0. The lowest BCUT2D eigenvalue weighted by Crippen LogP contribution is -2.39. The zero-order chi connectivity index (χ0) is 16.4. The minimum atomic E-state index is -0.343. The maximum atomic E-state index is 13.6.